The zero-order chi connectivity index (χ0) is 18.6. The van der Waals surface area contributed by atoms with Crippen LogP contribution in [0.2, 0.25) is 0 Å². The number of fused-ring (bicyclic) bond motifs is 1. The molecule has 0 radical (unpaired) electrons. The summed E-state index contributed by atoms with van der Waals surface area (Å²) < 4.78 is 11.2. The van der Waals surface area contributed by atoms with Crippen LogP contribution in [0.1, 0.15) is 34.2 Å². The van der Waals surface area contributed by atoms with Crippen molar-refractivity contribution in [2.24, 2.45) is 0 Å². The molecular weight excluding hydrogens is 334 g/mol. The quantitative estimate of drug-likeness (QED) is 0.715. The maximum Gasteiger partial charge on any atom is 0.161 e. The fourth-order valence-corrected chi connectivity index (χ4v) is 4.02. The van der Waals surface area contributed by atoms with E-state index in [2.05, 4.69) is 78.1 Å². The molecule has 1 heterocycles. The average Bonchev–Trinajstić information content (AvgIpc) is 2.74. The molecule has 3 aromatic carbocycles. The van der Waals surface area contributed by atoms with Gasteiger partial charge < -0.3 is 14.8 Å². The van der Waals surface area contributed by atoms with Gasteiger partial charge in [-0.2, -0.15) is 0 Å². The second-order valence-electron chi connectivity index (χ2n) is 6.97. The summed E-state index contributed by atoms with van der Waals surface area (Å²) in [4.78, 5) is 0. The molecule has 3 aromatic rings. The molecule has 1 aliphatic rings. The molecule has 0 amide bonds. The van der Waals surface area contributed by atoms with Crippen LogP contribution in [0.5, 0.6) is 11.5 Å². The van der Waals surface area contributed by atoms with E-state index >= 15 is 0 Å². The maximum absolute atomic E-state index is 5.60. The van der Waals surface area contributed by atoms with Crippen molar-refractivity contribution in [2.45, 2.75) is 18.4 Å². The van der Waals surface area contributed by atoms with Crippen molar-refractivity contribution in [3.63, 3.8) is 0 Å². The van der Waals surface area contributed by atoms with Crippen LogP contribution >= 0.6 is 0 Å². The van der Waals surface area contributed by atoms with Crippen molar-refractivity contribution in [3.05, 3.63) is 95.1 Å². The molecule has 1 aliphatic heterocycles. The highest BCUT2D eigenvalue weighted by Crippen LogP contribution is 2.41. The third-order valence-electron chi connectivity index (χ3n) is 5.37. The van der Waals surface area contributed by atoms with Gasteiger partial charge >= 0.3 is 0 Å². The van der Waals surface area contributed by atoms with Crippen LogP contribution in [0.3, 0.4) is 0 Å². The van der Waals surface area contributed by atoms with Gasteiger partial charge in [0.1, 0.15) is 0 Å². The van der Waals surface area contributed by atoms with E-state index in [0.717, 1.165) is 24.5 Å². The number of hydrogen-bond donors (Lipinski definition) is 1. The van der Waals surface area contributed by atoms with E-state index in [-0.39, 0.29) is 6.04 Å². The zero-order valence-corrected chi connectivity index (χ0v) is 15.8. The molecule has 0 spiro atoms. The number of hydrogen-bond acceptors (Lipinski definition) is 3. The first-order valence-electron chi connectivity index (χ1n) is 9.38. The Labute approximate surface area is 161 Å². The molecule has 0 saturated heterocycles. The average molecular weight is 359 g/mol. The molecule has 3 heteroatoms. The molecule has 0 unspecified atom stereocenters. The van der Waals surface area contributed by atoms with Crippen molar-refractivity contribution in [1.82, 2.24) is 5.32 Å². The summed E-state index contributed by atoms with van der Waals surface area (Å²) in [6.45, 7) is 0.928. The normalized spacial score (nSPS) is 18.6. The summed E-state index contributed by atoms with van der Waals surface area (Å²) in [7, 11) is 3.39. The molecule has 3 nitrogen and oxygen atoms in total. The molecule has 1 N–H and O–H groups in total. The minimum Gasteiger partial charge on any atom is -0.493 e. The first-order valence-corrected chi connectivity index (χ1v) is 9.38. The van der Waals surface area contributed by atoms with Crippen LogP contribution in [0, 0.1) is 0 Å². The minimum absolute atomic E-state index is 0.160. The van der Waals surface area contributed by atoms with Crippen molar-refractivity contribution in [2.75, 3.05) is 20.8 Å². The maximum atomic E-state index is 5.60. The third-order valence-corrected chi connectivity index (χ3v) is 5.37. The van der Waals surface area contributed by atoms with E-state index in [1.165, 1.54) is 22.3 Å². The van der Waals surface area contributed by atoms with Gasteiger partial charge in [0.25, 0.3) is 0 Å². The van der Waals surface area contributed by atoms with Crippen LogP contribution in [-0.4, -0.2) is 20.8 Å². The lowest BCUT2D eigenvalue weighted by atomic mass is 9.81. The van der Waals surface area contributed by atoms with Crippen LogP contribution < -0.4 is 14.8 Å². The van der Waals surface area contributed by atoms with Crippen molar-refractivity contribution in [1.29, 1.82) is 0 Å². The van der Waals surface area contributed by atoms with E-state index in [9.17, 15) is 0 Å². The molecule has 4 rings (SSSR count). The van der Waals surface area contributed by atoms with Gasteiger partial charge in [-0.05, 0) is 40.8 Å². The first-order chi connectivity index (χ1) is 13.3. The molecule has 27 heavy (non-hydrogen) atoms. The highest BCUT2D eigenvalue weighted by atomic mass is 16.5. The minimum atomic E-state index is 0.160. The van der Waals surface area contributed by atoms with Crippen molar-refractivity contribution < 1.29 is 9.47 Å². The Kier molecular flexibility index (Phi) is 5.12. The molecule has 0 bridgehead atoms. The number of ether oxygens (including phenoxy) is 2. The molecule has 138 valence electrons. The highest BCUT2D eigenvalue weighted by Gasteiger charge is 2.29. The number of benzene rings is 3. The Balaban J connectivity index is 1.78. The van der Waals surface area contributed by atoms with Gasteiger partial charge in [-0.25, -0.2) is 0 Å². The predicted molar refractivity (Wildman–Crippen MR) is 109 cm³/mol. The summed E-state index contributed by atoms with van der Waals surface area (Å²) in [6.07, 6.45) is 0.998. The Morgan fingerprint density at radius 1 is 0.815 bits per heavy atom. The van der Waals surface area contributed by atoms with Crippen LogP contribution in [0.25, 0.3) is 0 Å². The monoisotopic (exact) mass is 359 g/mol. The van der Waals surface area contributed by atoms with Gasteiger partial charge in [0.05, 0.1) is 20.3 Å². The molecule has 0 saturated carbocycles. The number of methoxy groups -OCH3 is 2. The summed E-state index contributed by atoms with van der Waals surface area (Å²) in [5.41, 5.74) is 5.22. The van der Waals surface area contributed by atoms with Gasteiger partial charge in [0.2, 0.25) is 0 Å². The fourth-order valence-electron chi connectivity index (χ4n) is 4.02. The molecular formula is C24H25NO2. The van der Waals surface area contributed by atoms with E-state index in [1.807, 2.05) is 0 Å². The lowest BCUT2D eigenvalue weighted by Gasteiger charge is -2.34. The van der Waals surface area contributed by atoms with E-state index in [4.69, 9.17) is 9.47 Å². The lowest BCUT2D eigenvalue weighted by molar-refractivity contribution is 0.351. The van der Waals surface area contributed by atoms with Crippen LogP contribution in [0.4, 0.5) is 0 Å². The molecule has 0 aliphatic carbocycles. The van der Waals surface area contributed by atoms with Crippen LogP contribution in [0.15, 0.2) is 72.8 Å². The van der Waals surface area contributed by atoms with Crippen LogP contribution in [-0.2, 0) is 6.42 Å². The summed E-state index contributed by atoms with van der Waals surface area (Å²) in [5.74, 6) is 1.96. The molecule has 0 fully saturated rings. The topological polar surface area (TPSA) is 30.5 Å². The van der Waals surface area contributed by atoms with Crippen molar-refractivity contribution >= 4 is 0 Å². The van der Waals surface area contributed by atoms with Gasteiger partial charge in [0, 0.05) is 12.5 Å². The highest BCUT2D eigenvalue weighted by molar-refractivity contribution is 5.53. The van der Waals surface area contributed by atoms with Gasteiger partial charge in [-0.3, -0.25) is 0 Å². The number of nitrogens with one attached hydrogen (secondary N) is 1. The third kappa shape index (κ3) is 3.56. The standard InChI is InChI=1S/C24H25NO2/c1-26-22-14-20-19(13-17-9-5-3-6-10-17)16-25-24(18-11-7-4-8-12-18)21(20)15-23(22)27-2/h3-12,14-15,19,24-25H,13,16H2,1-2H3/t19-,24-/m0/s1. The Bertz CT molecular complexity index is 893. The molecule has 2 atom stereocenters. The Morgan fingerprint density at radius 2 is 1.41 bits per heavy atom. The molecule has 0 aromatic heterocycles. The predicted octanol–water partition coefficient (Wildman–Crippen LogP) is 4.72. The van der Waals surface area contributed by atoms with Gasteiger partial charge in [0.15, 0.2) is 11.5 Å². The second kappa shape index (κ2) is 7.85. The zero-order valence-electron chi connectivity index (χ0n) is 15.8. The summed E-state index contributed by atoms with van der Waals surface area (Å²) in [6, 6.07) is 25.7. The van der Waals surface area contributed by atoms with Gasteiger partial charge in [-0.1, -0.05) is 60.7 Å². The van der Waals surface area contributed by atoms with E-state index in [1.54, 1.807) is 14.2 Å². The van der Waals surface area contributed by atoms with E-state index < -0.39 is 0 Å². The SMILES string of the molecule is COc1cc2c(cc1OC)[C@H](c1ccccc1)NC[C@@H]2Cc1ccccc1. The Hall–Kier alpha value is -2.78. The first kappa shape index (κ1) is 17.6. The van der Waals surface area contributed by atoms with Gasteiger partial charge in [-0.15, -0.1) is 0 Å². The fraction of sp³-hybridized carbons (Fsp3) is 0.250. The largest absolute Gasteiger partial charge is 0.493 e. The second-order valence-corrected chi connectivity index (χ2v) is 6.97. The van der Waals surface area contributed by atoms with Crippen molar-refractivity contribution in [3.8, 4) is 11.5 Å². The Morgan fingerprint density at radius 3 is 2.04 bits per heavy atom. The summed E-state index contributed by atoms with van der Waals surface area (Å²) in [5, 5.41) is 3.75. The smallest absolute Gasteiger partial charge is 0.161 e. The lowest BCUT2D eigenvalue weighted by Crippen LogP contribution is -2.34. The number of rotatable bonds is 5. The van der Waals surface area contributed by atoms with E-state index in [0.29, 0.717) is 5.92 Å². The summed E-state index contributed by atoms with van der Waals surface area (Å²) >= 11 is 0.